The average molecular weight is 212 g/mol. The van der Waals surface area contributed by atoms with Gasteiger partial charge in [-0.15, -0.1) is 0 Å². The number of rotatable bonds is 2. The Hall–Kier alpha value is -0.830. The first kappa shape index (κ1) is 11.2. The fourth-order valence-electron chi connectivity index (χ4n) is 0.991. The van der Waals surface area contributed by atoms with Gasteiger partial charge in [0.05, 0.1) is 5.75 Å². The number of benzene rings is 1. The normalized spacial score (nSPS) is 13.9. The third kappa shape index (κ3) is 2.84. The number of phenols is 1. The molecule has 14 heavy (non-hydrogen) atoms. The van der Waals surface area contributed by atoms with Crippen LogP contribution in [0.4, 0.5) is 0 Å². The molecule has 2 nitrogen and oxygen atoms in total. The molecule has 1 rings (SSSR count). The van der Waals surface area contributed by atoms with Gasteiger partial charge >= 0.3 is 0 Å². The van der Waals surface area contributed by atoms with Crippen molar-refractivity contribution in [1.29, 1.82) is 0 Å². The molecule has 0 radical (unpaired) electrons. The lowest BCUT2D eigenvalue weighted by Crippen LogP contribution is -2.22. The van der Waals surface area contributed by atoms with Gasteiger partial charge in [-0.25, -0.2) is 0 Å². The van der Waals surface area contributed by atoms with Gasteiger partial charge < -0.3 is 5.11 Å². The van der Waals surface area contributed by atoms with Crippen molar-refractivity contribution in [2.75, 3.05) is 0 Å². The van der Waals surface area contributed by atoms with E-state index in [1.807, 2.05) is 26.8 Å². The lowest BCUT2D eigenvalue weighted by Gasteiger charge is -2.17. The number of para-hydroxylation sites is 1. The lowest BCUT2D eigenvalue weighted by molar-refractivity contribution is 0.470. The molecule has 0 aliphatic carbocycles. The van der Waals surface area contributed by atoms with E-state index in [0.29, 0.717) is 5.75 Å². The van der Waals surface area contributed by atoms with Gasteiger partial charge in [-0.2, -0.15) is 0 Å². The fraction of sp³-hybridized carbons (Fsp3) is 0.455. The molecule has 0 bridgehead atoms. The third-order valence-corrected chi connectivity index (χ3v) is 3.90. The van der Waals surface area contributed by atoms with Crippen LogP contribution in [0.2, 0.25) is 0 Å². The summed E-state index contributed by atoms with van der Waals surface area (Å²) in [5.74, 6) is 0.640. The van der Waals surface area contributed by atoms with E-state index in [1.54, 1.807) is 18.2 Å². The summed E-state index contributed by atoms with van der Waals surface area (Å²) >= 11 is 0. The van der Waals surface area contributed by atoms with Crippen molar-refractivity contribution in [3.05, 3.63) is 29.8 Å². The molecular formula is C11H16O2S. The fourth-order valence-corrected chi connectivity index (χ4v) is 1.95. The van der Waals surface area contributed by atoms with Gasteiger partial charge in [0.15, 0.2) is 0 Å². The van der Waals surface area contributed by atoms with Crippen molar-refractivity contribution in [3.63, 3.8) is 0 Å². The van der Waals surface area contributed by atoms with E-state index in [4.69, 9.17) is 0 Å². The third-order valence-electron chi connectivity index (χ3n) is 1.96. The maximum Gasteiger partial charge on any atom is 0.119 e. The van der Waals surface area contributed by atoms with Crippen molar-refractivity contribution in [1.82, 2.24) is 0 Å². The SMILES string of the molecule is CC(C)(C)S(=O)Cc1ccccc1O. The number of phenolic OH excluding ortho intramolecular Hbond substituents is 1. The van der Waals surface area contributed by atoms with Crippen LogP contribution in [-0.4, -0.2) is 14.1 Å². The van der Waals surface area contributed by atoms with Crippen LogP contribution in [-0.2, 0) is 16.6 Å². The van der Waals surface area contributed by atoms with E-state index in [2.05, 4.69) is 0 Å². The molecule has 0 heterocycles. The van der Waals surface area contributed by atoms with Gasteiger partial charge in [0.25, 0.3) is 0 Å². The van der Waals surface area contributed by atoms with Gasteiger partial charge in [0, 0.05) is 21.1 Å². The summed E-state index contributed by atoms with van der Waals surface area (Å²) in [5, 5.41) is 9.49. The van der Waals surface area contributed by atoms with Crippen molar-refractivity contribution < 1.29 is 9.32 Å². The first-order valence-electron chi connectivity index (χ1n) is 4.56. The summed E-state index contributed by atoms with van der Waals surface area (Å²) in [6.07, 6.45) is 0. The summed E-state index contributed by atoms with van der Waals surface area (Å²) in [5.41, 5.74) is 0.751. The molecule has 0 saturated carbocycles. The first-order valence-corrected chi connectivity index (χ1v) is 5.88. The average Bonchev–Trinajstić information content (AvgIpc) is 2.07. The molecule has 0 amide bonds. The summed E-state index contributed by atoms with van der Waals surface area (Å²) < 4.78 is 11.6. The van der Waals surface area contributed by atoms with E-state index >= 15 is 0 Å². The zero-order valence-electron chi connectivity index (χ0n) is 8.78. The minimum absolute atomic E-state index is 0.227. The van der Waals surface area contributed by atoms with Gasteiger partial charge in [0.2, 0.25) is 0 Å². The minimum atomic E-state index is -0.959. The van der Waals surface area contributed by atoms with Crippen molar-refractivity contribution in [2.24, 2.45) is 0 Å². The molecule has 0 spiro atoms. The summed E-state index contributed by atoms with van der Waals surface area (Å²) in [6.45, 7) is 5.80. The Balaban J connectivity index is 2.80. The number of hydrogen-bond donors (Lipinski definition) is 1. The number of aromatic hydroxyl groups is 1. The monoisotopic (exact) mass is 212 g/mol. The highest BCUT2D eigenvalue weighted by molar-refractivity contribution is 7.85. The van der Waals surface area contributed by atoms with E-state index in [1.165, 1.54) is 0 Å². The van der Waals surface area contributed by atoms with Crippen LogP contribution in [0.25, 0.3) is 0 Å². The molecular weight excluding hydrogens is 196 g/mol. The second-order valence-electron chi connectivity index (χ2n) is 4.23. The standard InChI is InChI=1S/C11H16O2S/c1-11(2,3)14(13)8-9-6-4-5-7-10(9)12/h4-7,12H,8H2,1-3H3. The van der Waals surface area contributed by atoms with Crippen LogP contribution in [0.15, 0.2) is 24.3 Å². The molecule has 1 N–H and O–H groups in total. The molecule has 0 saturated heterocycles. The van der Waals surface area contributed by atoms with Crippen molar-refractivity contribution in [3.8, 4) is 5.75 Å². The Morgan fingerprint density at radius 3 is 2.36 bits per heavy atom. The molecule has 0 aliphatic rings. The van der Waals surface area contributed by atoms with Crippen LogP contribution in [0, 0.1) is 0 Å². The molecule has 3 heteroatoms. The van der Waals surface area contributed by atoms with Crippen LogP contribution in [0.3, 0.4) is 0 Å². The Labute approximate surface area is 87.4 Å². The van der Waals surface area contributed by atoms with Crippen LogP contribution in [0.1, 0.15) is 26.3 Å². The number of hydrogen-bond acceptors (Lipinski definition) is 2. The highest BCUT2D eigenvalue weighted by atomic mass is 32.2. The van der Waals surface area contributed by atoms with E-state index in [-0.39, 0.29) is 10.5 Å². The Kier molecular flexibility index (Phi) is 3.32. The second kappa shape index (κ2) is 4.13. The van der Waals surface area contributed by atoms with Gasteiger partial charge in [0.1, 0.15) is 5.75 Å². The van der Waals surface area contributed by atoms with Gasteiger partial charge in [-0.1, -0.05) is 18.2 Å². The maximum atomic E-state index is 11.8. The summed E-state index contributed by atoms with van der Waals surface area (Å²) in [4.78, 5) is 0. The molecule has 1 atom stereocenters. The highest BCUT2D eigenvalue weighted by Gasteiger charge is 2.20. The van der Waals surface area contributed by atoms with Gasteiger partial charge in [-0.3, -0.25) is 4.21 Å². The summed E-state index contributed by atoms with van der Waals surface area (Å²) in [7, 11) is -0.959. The van der Waals surface area contributed by atoms with E-state index in [9.17, 15) is 9.32 Å². The molecule has 1 aromatic rings. The van der Waals surface area contributed by atoms with Crippen LogP contribution in [0.5, 0.6) is 5.75 Å². The molecule has 78 valence electrons. The summed E-state index contributed by atoms with van der Waals surface area (Å²) in [6, 6.07) is 7.03. The highest BCUT2D eigenvalue weighted by Crippen LogP contribution is 2.22. The Bertz CT molecular complexity index is 339. The van der Waals surface area contributed by atoms with Crippen LogP contribution >= 0.6 is 0 Å². The van der Waals surface area contributed by atoms with Gasteiger partial charge in [-0.05, 0) is 26.8 Å². The first-order chi connectivity index (χ1) is 6.41. The molecule has 0 fully saturated rings. The smallest absolute Gasteiger partial charge is 0.119 e. The predicted octanol–water partition coefficient (Wildman–Crippen LogP) is 2.44. The van der Waals surface area contributed by atoms with Crippen LogP contribution < -0.4 is 0 Å². The molecule has 1 unspecified atom stereocenters. The molecule has 0 aromatic heterocycles. The lowest BCUT2D eigenvalue weighted by atomic mass is 10.2. The quantitative estimate of drug-likeness (QED) is 0.817. The molecule has 0 aliphatic heterocycles. The van der Waals surface area contributed by atoms with E-state index in [0.717, 1.165) is 5.56 Å². The Morgan fingerprint density at radius 2 is 1.86 bits per heavy atom. The minimum Gasteiger partial charge on any atom is -0.508 e. The van der Waals surface area contributed by atoms with Crippen molar-refractivity contribution in [2.45, 2.75) is 31.3 Å². The Morgan fingerprint density at radius 1 is 1.29 bits per heavy atom. The zero-order chi connectivity index (χ0) is 10.8. The second-order valence-corrected chi connectivity index (χ2v) is 6.44. The van der Waals surface area contributed by atoms with Crippen molar-refractivity contribution >= 4 is 10.8 Å². The van der Waals surface area contributed by atoms with E-state index < -0.39 is 10.8 Å². The molecule has 1 aromatic carbocycles. The topological polar surface area (TPSA) is 37.3 Å². The zero-order valence-corrected chi connectivity index (χ0v) is 9.60. The largest absolute Gasteiger partial charge is 0.508 e. The maximum absolute atomic E-state index is 11.8. The predicted molar refractivity (Wildman–Crippen MR) is 59.7 cm³/mol.